The third-order valence-corrected chi connectivity index (χ3v) is 3.50. The molecule has 0 bridgehead atoms. The molecule has 1 heterocycles. The summed E-state index contributed by atoms with van der Waals surface area (Å²) in [5, 5.41) is 0. The number of hydrogen-bond donors (Lipinski definition) is 1. The minimum absolute atomic E-state index is 0.0290. The molecule has 0 aliphatic carbocycles. The fraction of sp³-hybridized carbons (Fsp3) is 1.00. The number of hydrogen-bond acceptors (Lipinski definition) is 1. The van der Waals surface area contributed by atoms with Gasteiger partial charge in [-0.05, 0) is 25.4 Å². The molecular weight excluding hydrogens is 149 g/mol. The summed E-state index contributed by atoms with van der Waals surface area (Å²) >= 11 is 0.0290. The second-order valence-electron chi connectivity index (χ2n) is 2.98. The van der Waals surface area contributed by atoms with Gasteiger partial charge in [-0.3, -0.25) is 4.31 Å². The maximum atomic E-state index is 12.6. The van der Waals surface area contributed by atoms with Crippen molar-refractivity contribution in [3.8, 4) is 0 Å². The summed E-state index contributed by atoms with van der Waals surface area (Å²) in [6, 6.07) is 0. The Balaban J connectivity index is 2.26. The van der Waals surface area contributed by atoms with Crippen molar-refractivity contribution in [2.75, 3.05) is 25.6 Å². The summed E-state index contributed by atoms with van der Waals surface area (Å²) in [6.45, 7) is 1.94. The van der Waals surface area contributed by atoms with E-state index >= 15 is 0 Å². The minimum Gasteiger partial charge on any atom is -0.270 e. The van der Waals surface area contributed by atoms with E-state index in [1.54, 1.807) is 0 Å². The van der Waals surface area contributed by atoms with Crippen LogP contribution in [0.15, 0.2) is 0 Å². The average Bonchev–Trinajstić information content (AvgIpc) is 1.88. The second kappa shape index (κ2) is 3.58. The molecule has 1 nitrogen and oxygen atoms in total. The van der Waals surface area contributed by atoms with Gasteiger partial charge in [-0.15, -0.1) is 0 Å². The standard InChI is InChI=1S/C7H16FNS/c1-10(2)9-5-3-7(8)4-6-9/h7,10H,3-6H2,1-2H3. The molecule has 0 spiro atoms. The second-order valence-corrected chi connectivity index (χ2v) is 5.24. The Kier molecular flexibility index (Phi) is 2.98. The summed E-state index contributed by atoms with van der Waals surface area (Å²) in [4.78, 5) is 0. The van der Waals surface area contributed by atoms with Crippen LogP contribution in [0.2, 0.25) is 0 Å². The van der Waals surface area contributed by atoms with Crippen LogP contribution in [-0.4, -0.2) is 36.1 Å². The van der Waals surface area contributed by atoms with Crippen molar-refractivity contribution < 1.29 is 4.39 Å². The first-order chi connectivity index (χ1) is 4.70. The Morgan fingerprint density at radius 1 is 1.30 bits per heavy atom. The van der Waals surface area contributed by atoms with Gasteiger partial charge in [-0.2, -0.15) is 0 Å². The third-order valence-electron chi connectivity index (χ3n) is 1.97. The van der Waals surface area contributed by atoms with Gasteiger partial charge in [0, 0.05) is 13.1 Å². The Hall–Kier alpha value is 0.240. The zero-order valence-electron chi connectivity index (χ0n) is 6.68. The summed E-state index contributed by atoms with van der Waals surface area (Å²) in [6.07, 6.45) is 5.44. The predicted molar refractivity (Wildman–Crippen MR) is 46.5 cm³/mol. The average molecular weight is 165 g/mol. The van der Waals surface area contributed by atoms with Crippen LogP contribution in [0.5, 0.6) is 0 Å². The fourth-order valence-corrected chi connectivity index (χ4v) is 2.27. The van der Waals surface area contributed by atoms with Gasteiger partial charge in [-0.1, -0.05) is 0 Å². The zero-order valence-corrected chi connectivity index (χ0v) is 7.57. The van der Waals surface area contributed by atoms with Crippen molar-refractivity contribution in [1.29, 1.82) is 0 Å². The molecule has 1 aliphatic rings. The number of piperidine rings is 1. The summed E-state index contributed by atoms with van der Waals surface area (Å²) in [5.41, 5.74) is 0. The van der Waals surface area contributed by atoms with Crippen molar-refractivity contribution in [3.63, 3.8) is 0 Å². The van der Waals surface area contributed by atoms with Crippen LogP contribution in [0.1, 0.15) is 12.8 Å². The molecule has 0 unspecified atom stereocenters. The van der Waals surface area contributed by atoms with Crippen molar-refractivity contribution in [1.82, 2.24) is 4.31 Å². The third kappa shape index (κ3) is 2.13. The topological polar surface area (TPSA) is 3.24 Å². The van der Waals surface area contributed by atoms with E-state index in [0.717, 1.165) is 25.9 Å². The highest BCUT2D eigenvalue weighted by molar-refractivity contribution is 8.13. The molecule has 0 amide bonds. The lowest BCUT2D eigenvalue weighted by atomic mass is 10.1. The molecule has 0 saturated carbocycles. The lowest BCUT2D eigenvalue weighted by molar-refractivity contribution is 0.218. The van der Waals surface area contributed by atoms with Crippen LogP contribution in [0.25, 0.3) is 0 Å². The van der Waals surface area contributed by atoms with E-state index in [1.807, 2.05) is 0 Å². The molecule has 0 N–H and O–H groups in total. The highest BCUT2D eigenvalue weighted by atomic mass is 32.2. The Morgan fingerprint density at radius 3 is 2.20 bits per heavy atom. The van der Waals surface area contributed by atoms with Gasteiger partial charge in [0.25, 0.3) is 0 Å². The molecule has 3 heteroatoms. The molecule has 0 aromatic heterocycles. The lowest BCUT2D eigenvalue weighted by Crippen LogP contribution is -2.31. The van der Waals surface area contributed by atoms with E-state index in [9.17, 15) is 4.39 Å². The van der Waals surface area contributed by atoms with E-state index in [1.165, 1.54) is 0 Å². The van der Waals surface area contributed by atoms with Crippen molar-refractivity contribution in [3.05, 3.63) is 0 Å². The molecular formula is C7H16FNS. The maximum absolute atomic E-state index is 12.6. The molecule has 62 valence electrons. The van der Waals surface area contributed by atoms with Gasteiger partial charge in [0.1, 0.15) is 6.17 Å². The van der Waals surface area contributed by atoms with Crippen LogP contribution >= 0.6 is 11.1 Å². The van der Waals surface area contributed by atoms with Crippen molar-refractivity contribution in [2.24, 2.45) is 0 Å². The molecule has 0 aromatic rings. The number of thiol groups is 1. The Bertz CT molecular complexity index is 99.8. The highest BCUT2D eigenvalue weighted by Crippen LogP contribution is 2.26. The number of halogens is 1. The minimum atomic E-state index is -0.522. The van der Waals surface area contributed by atoms with E-state index in [-0.39, 0.29) is 11.1 Å². The van der Waals surface area contributed by atoms with Crippen LogP contribution < -0.4 is 0 Å². The number of rotatable bonds is 1. The molecule has 0 aromatic carbocycles. The van der Waals surface area contributed by atoms with E-state index in [0.29, 0.717) is 0 Å². The molecule has 10 heavy (non-hydrogen) atoms. The summed E-state index contributed by atoms with van der Waals surface area (Å²) < 4.78 is 15.0. The Morgan fingerprint density at radius 2 is 1.80 bits per heavy atom. The molecule has 0 radical (unpaired) electrons. The van der Waals surface area contributed by atoms with E-state index in [4.69, 9.17) is 0 Å². The summed E-state index contributed by atoms with van der Waals surface area (Å²) in [5.74, 6) is 0. The van der Waals surface area contributed by atoms with Crippen LogP contribution in [-0.2, 0) is 0 Å². The quantitative estimate of drug-likeness (QED) is 0.578. The first kappa shape index (κ1) is 8.34. The molecule has 1 saturated heterocycles. The van der Waals surface area contributed by atoms with Crippen LogP contribution in [0.4, 0.5) is 4.39 Å². The van der Waals surface area contributed by atoms with Gasteiger partial charge in [-0.25, -0.2) is 15.5 Å². The molecule has 1 fully saturated rings. The number of nitrogens with zero attached hydrogens (tertiary/aromatic N) is 1. The van der Waals surface area contributed by atoms with Crippen LogP contribution in [0.3, 0.4) is 0 Å². The predicted octanol–water partition coefficient (Wildman–Crippen LogP) is 1.60. The summed E-state index contributed by atoms with van der Waals surface area (Å²) in [7, 11) is 0. The van der Waals surface area contributed by atoms with Crippen LogP contribution in [0, 0.1) is 0 Å². The largest absolute Gasteiger partial charge is 0.270 e. The van der Waals surface area contributed by atoms with E-state index < -0.39 is 6.17 Å². The Labute approximate surface area is 65.1 Å². The first-order valence-corrected chi connectivity index (χ1v) is 5.95. The smallest absolute Gasteiger partial charge is 0.103 e. The normalized spacial score (nSPS) is 24.9. The maximum Gasteiger partial charge on any atom is 0.103 e. The first-order valence-electron chi connectivity index (χ1n) is 3.76. The van der Waals surface area contributed by atoms with Gasteiger partial charge in [0.2, 0.25) is 0 Å². The zero-order chi connectivity index (χ0) is 7.56. The van der Waals surface area contributed by atoms with Crippen molar-refractivity contribution in [2.45, 2.75) is 19.0 Å². The SMILES string of the molecule is C[SH](C)N1CCC(F)CC1. The van der Waals surface area contributed by atoms with Gasteiger partial charge in [0.05, 0.1) is 0 Å². The van der Waals surface area contributed by atoms with Crippen molar-refractivity contribution >= 4 is 11.1 Å². The molecule has 1 rings (SSSR count). The fourth-order valence-electron chi connectivity index (χ4n) is 1.23. The molecule has 1 aliphatic heterocycles. The number of alkyl halides is 1. The monoisotopic (exact) mass is 165 g/mol. The highest BCUT2D eigenvalue weighted by Gasteiger charge is 2.18. The van der Waals surface area contributed by atoms with Gasteiger partial charge in [0.15, 0.2) is 0 Å². The lowest BCUT2D eigenvalue weighted by Gasteiger charge is -2.33. The van der Waals surface area contributed by atoms with E-state index in [2.05, 4.69) is 16.8 Å². The van der Waals surface area contributed by atoms with Gasteiger partial charge < -0.3 is 0 Å². The molecule has 0 atom stereocenters. The van der Waals surface area contributed by atoms with Gasteiger partial charge >= 0.3 is 0 Å².